The van der Waals surface area contributed by atoms with E-state index in [-0.39, 0.29) is 5.91 Å². The number of carboxylic acid groups (broad SMARTS) is 1. The summed E-state index contributed by atoms with van der Waals surface area (Å²) >= 11 is 0. The molecule has 20 heavy (non-hydrogen) atoms. The van der Waals surface area contributed by atoms with Crippen molar-refractivity contribution in [2.24, 2.45) is 5.41 Å². The molecule has 1 heterocycles. The number of unbranched alkanes of at least 4 members (excludes halogenated alkanes) is 1. The molecular formula is C15H28N2O3. The summed E-state index contributed by atoms with van der Waals surface area (Å²) in [6.07, 6.45) is 5.82. The van der Waals surface area contributed by atoms with E-state index in [1.807, 2.05) is 6.92 Å². The average Bonchev–Trinajstić information content (AvgIpc) is 2.44. The fourth-order valence-corrected chi connectivity index (χ4v) is 2.94. The highest BCUT2D eigenvalue weighted by Gasteiger charge is 2.40. The maximum Gasteiger partial charge on any atom is 0.326 e. The molecule has 0 radical (unpaired) electrons. The topological polar surface area (TPSA) is 78.4 Å². The third kappa shape index (κ3) is 4.47. The van der Waals surface area contributed by atoms with Crippen LogP contribution in [0.25, 0.3) is 0 Å². The van der Waals surface area contributed by atoms with Crippen molar-refractivity contribution in [3.63, 3.8) is 0 Å². The predicted octanol–water partition coefficient (Wildman–Crippen LogP) is 1.92. The summed E-state index contributed by atoms with van der Waals surface area (Å²) in [5, 5.41) is 15.3. The molecule has 0 aromatic rings. The lowest BCUT2D eigenvalue weighted by atomic mass is 9.76. The molecule has 0 aromatic carbocycles. The first-order valence-corrected chi connectivity index (χ1v) is 7.80. The molecule has 0 saturated carbocycles. The van der Waals surface area contributed by atoms with Gasteiger partial charge in [-0.25, -0.2) is 4.79 Å². The van der Waals surface area contributed by atoms with E-state index in [9.17, 15) is 14.7 Å². The van der Waals surface area contributed by atoms with Crippen LogP contribution in [0.15, 0.2) is 0 Å². The van der Waals surface area contributed by atoms with Crippen molar-refractivity contribution in [3.8, 4) is 0 Å². The van der Waals surface area contributed by atoms with Crippen LogP contribution in [-0.4, -0.2) is 36.1 Å². The molecule has 1 amide bonds. The van der Waals surface area contributed by atoms with Gasteiger partial charge in [0.2, 0.25) is 5.91 Å². The molecule has 2 unspecified atom stereocenters. The summed E-state index contributed by atoms with van der Waals surface area (Å²) in [6, 6.07) is -0.752. The Kier molecular flexibility index (Phi) is 6.99. The molecule has 5 nitrogen and oxygen atoms in total. The van der Waals surface area contributed by atoms with Gasteiger partial charge in [0.05, 0.1) is 5.41 Å². The molecule has 1 aliphatic heterocycles. The summed E-state index contributed by atoms with van der Waals surface area (Å²) in [5.41, 5.74) is -0.424. The number of carboxylic acids is 1. The maximum atomic E-state index is 12.6. The van der Waals surface area contributed by atoms with Gasteiger partial charge in [0.25, 0.3) is 0 Å². The Labute approximate surface area is 121 Å². The predicted molar refractivity (Wildman–Crippen MR) is 78.5 cm³/mol. The molecular weight excluding hydrogens is 256 g/mol. The molecule has 3 N–H and O–H groups in total. The van der Waals surface area contributed by atoms with Crippen LogP contribution in [0, 0.1) is 5.41 Å². The number of carbonyl (C=O) groups is 2. The van der Waals surface area contributed by atoms with Crippen LogP contribution in [-0.2, 0) is 9.59 Å². The van der Waals surface area contributed by atoms with Gasteiger partial charge < -0.3 is 15.7 Å². The third-order valence-electron chi connectivity index (χ3n) is 4.13. The minimum absolute atomic E-state index is 0.0879. The smallest absolute Gasteiger partial charge is 0.326 e. The van der Waals surface area contributed by atoms with Crippen LogP contribution in [0.1, 0.15) is 58.8 Å². The van der Waals surface area contributed by atoms with Crippen molar-refractivity contribution >= 4 is 11.9 Å². The van der Waals surface area contributed by atoms with Crippen molar-refractivity contribution in [2.45, 2.75) is 64.8 Å². The summed E-state index contributed by atoms with van der Waals surface area (Å²) in [5.74, 6) is -1.02. The van der Waals surface area contributed by atoms with Crippen LogP contribution in [0.5, 0.6) is 0 Å². The van der Waals surface area contributed by atoms with Gasteiger partial charge in [-0.05, 0) is 32.2 Å². The number of rotatable bonds is 8. The van der Waals surface area contributed by atoms with Gasteiger partial charge in [-0.3, -0.25) is 4.79 Å². The van der Waals surface area contributed by atoms with Crippen molar-refractivity contribution < 1.29 is 14.7 Å². The van der Waals surface area contributed by atoms with Crippen molar-refractivity contribution in [1.82, 2.24) is 10.6 Å². The van der Waals surface area contributed by atoms with Gasteiger partial charge in [-0.1, -0.05) is 33.1 Å². The minimum Gasteiger partial charge on any atom is -0.480 e. The standard InChI is InChI=1S/C15H28N2O3/c1-3-5-7-12(13(18)19)17-14(20)15(8-4-2)9-6-10-16-11-15/h12,16H,3-11H2,1-2H3,(H,17,20)(H,18,19). The highest BCUT2D eigenvalue weighted by atomic mass is 16.4. The molecule has 1 rings (SSSR count). The van der Waals surface area contributed by atoms with Gasteiger partial charge in [0, 0.05) is 6.54 Å². The summed E-state index contributed by atoms with van der Waals surface area (Å²) in [6.45, 7) is 5.68. The molecule has 0 bridgehead atoms. The SMILES string of the molecule is CCCCC(NC(=O)C1(CCC)CCCNC1)C(=O)O. The fraction of sp³-hybridized carbons (Fsp3) is 0.867. The number of hydrogen-bond acceptors (Lipinski definition) is 3. The molecule has 0 aromatic heterocycles. The van der Waals surface area contributed by atoms with Crippen molar-refractivity contribution in [3.05, 3.63) is 0 Å². The zero-order valence-electron chi connectivity index (χ0n) is 12.7. The fourth-order valence-electron chi connectivity index (χ4n) is 2.94. The second-order valence-corrected chi connectivity index (χ2v) is 5.82. The zero-order valence-corrected chi connectivity index (χ0v) is 12.7. The van der Waals surface area contributed by atoms with Crippen LogP contribution >= 0.6 is 0 Å². The lowest BCUT2D eigenvalue weighted by Gasteiger charge is -2.37. The van der Waals surface area contributed by atoms with E-state index in [4.69, 9.17) is 0 Å². The molecule has 1 aliphatic rings. The summed E-state index contributed by atoms with van der Waals surface area (Å²) < 4.78 is 0. The average molecular weight is 284 g/mol. The molecule has 116 valence electrons. The van der Waals surface area contributed by atoms with Gasteiger partial charge in [0.15, 0.2) is 0 Å². The molecule has 1 fully saturated rings. The first kappa shape index (κ1) is 17.0. The molecule has 1 saturated heterocycles. The number of nitrogens with one attached hydrogen (secondary N) is 2. The van der Waals surface area contributed by atoms with E-state index in [2.05, 4.69) is 17.6 Å². The third-order valence-corrected chi connectivity index (χ3v) is 4.13. The van der Waals surface area contributed by atoms with Gasteiger partial charge >= 0.3 is 5.97 Å². The summed E-state index contributed by atoms with van der Waals surface area (Å²) in [7, 11) is 0. The lowest BCUT2D eigenvalue weighted by molar-refractivity contribution is -0.144. The monoisotopic (exact) mass is 284 g/mol. The van der Waals surface area contributed by atoms with Gasteiger partial charge in [-0.15, -0.1) is 0 Å². The Morgan fingerprint density at radius 1 is 1.35 bits per heavy atom. The first-order valence-electron chi connectivity index (χ1n) is 7.80. The molecule has 2 atom stereocenters. The second-order valence-electron chi connectivity index (χ2n) is 5.82. The molecule has 0 aliphatic carbocycles. The number of hydrogen-bond donors (Lipinski definition) is 3. The Morgan fingerprint density at radius 3 is 2.60 bits per heavy atom. The van der Waals surface area contributed by atoms with Crippen molar-refractivity contribution in [1.29, 1.82) is 0 Å². The minimum atomic E-state index is -0.929. The van der Waals surface area contributed by atoms with Crippen LogP contribution < -0.4 is 10.6 Å². The first-order chi connectivity index (χ1) is 9.55. The van der Waals surface area contributed by atoms with Crippen molar-refractivity contribution in [2.75, 3.05) is 13.1 Å². The van der Waals surface area contributed by atoms with Crippen LogP contribution in [0.2, 0.25) is 0 Å². The molecule has 0 spiro atoms. The Bertz CT molecular complexity index is 320. The number of piperidine rings is 1. The van der Waals surface area contributed by atoms with E-state index >= 15 is 0 Å². The Balaban J connectivity index is 2.70. The van der Waals surface area contributed by atoms with E-state index in [1.165, 1.54) is 0 Å². The number of carbonyl (C=O) groups excluding carboxylic acids is 1. The number of amides is 1. The number of aliphatic carboxylic acids is 1. The highest BCUT2D eigenvalue weighted by molar-refractivity contribution is 5.87. The Hall–Kier alpha value is -1.10. The normalized spacial score (nSPS) is 24.1. The van der Waals surface area contributed by atoms with E-state index in [0.717, 1.165) is 45.1 Å². The second kappa shape index (κ2) is 8.25. The van der Waals surface area contributed by atoms with E-state index < -0.39 is 17.4 Å². The summed E-state index contributed by atoms with van der Waals surface area (Å²) in [4.78, 5) is 23.8. The Morgan fingerprint density at radius 2 is 2.10 bits per heavy atom. The van der Waals surface area contributed by atoms with Crippen LogP contribution in [0.4, 0.5) is 0 Å². The largest absolute Gasteiger partial charge is 0.480 e. The molecule has 5 heteroatoms. The van der Waals surface area contributed by atoms with Gasteiger partial charge in [-0.2, -0.15) is 0 Å². The van der Waals surface area contributed by atoms with Gasteiger partial charge in [0.1, 0.15) is 6.04 Å². The van der Waals surface area contributed by atoms with Crippen LogP contribution in [0.3, 0.4) is 0 Å². The lowest BCUT2D eigenvalue weighted by Crippen LogP contribution is -2.54. The zero-order chi connectivity index (χ0) is 15.0. The van der Waals surface area contributed by atoms with E-state index in [0.29, 0.717) is 13.0 Å². The highest BCUT2D eigenvalue weighted by Crippen LogP contribution is 2.32. The maximum absolute atomic E-state index is 12.6. The quantitative estimate of drug-likeness (QED) is 0.636. The van der Waals surface area contributed by atoms with E-state index in [1.54, 1.807) is 0 Å².